The first-order valence-corrected chi connectivity index (χ1v) is 7.02. The number of para-hydroxylation sites is 1. The van der Waals surface area contributed by atoms with Gasteiger partial charge in [0.05, 0.1) is 5.52 Å². The molecule has 3 rings (SSSR count). The molecule has 1 aromatic carbocycles. The Hall–Kier alpha value is -2.27. The van der Waals surface area contributed by atoms with Gasteiger partial charge in [-0.1, -0.05) is 18.2 Å². The molecule has 0 bridgehead atoms. The first kappa shape index (κ1) is 13.7. The van der Waals surface area contributed by atoms with E-state index in [-0.39, 0.29) is 5.54 Å². The summed E-state index contributed by atoms with van der Waals surface area (Å²) < 4.78 is 1.71. The van der Waals surface area contributed by atoms with Gasteiger partial charge in [0.25, 0.3) is 0 Å². The predicted molar refractivity (Wildman–Crippen MR) is 83.3 cm³/mol. The molecule has 0 saturated heterocycles. The second kappa shape index (κ2) is 5.26. The molecule has 0 unspecified atom stereocenters. The summed E-state index contributed by atoms with van der Waals surface area (Å²) in [5.74, 6) is 0.822. The normalized spacial score (nSPS) is 12.0. The maximum absolute atomic E-state index is 4.74. The molecule has 2 aromatic heterocycles. The summed E-state index contributed by atoms with van der Waals surface area (Å²) in [5.41, 5.74) is 2.11. The summed E-state index contributed by atoms with van der Waals surface area (Å²) in [5, 5.41) is 8.85. The van der Waals surface area contributed by atoms with Crippen LogP contribution in [0.3, 0.4) is 0 Å². The van der Waals surface area contributed by atoms with Crippen molar-refractivity contribution in [2.75, 3.05) is 0 Å². The maximum Gasteiger partial charge on any atom is 0.160 e. The third-order valence-corrected chi connectivity index (χ3v) is 3.22. The number of aromatic nitrogens is 4. The molecule has 5 heteroatoms. The molecular formula is C16H19N5. The number of benzene rings is 1. The third-order valence-electron chi connectivity index (χ3n) is 3.22. The zero-order chi connectivity index (χ0) is 14.9. The average molecular weight is 281 g/mol. The summed E-state index contributed by atoms with van der Waals surface area (Å²) in [6.07, 6.45) is 3.20. The Morgan fingerprint density at radius 3 is 2.71 bits per heavy atom. The van der Waals surface area contributed by atoms with E-state index in [1.54, 1.807) is 11.0 Å². The van der Waals surface area contributed by atoms with Crippen LogP contribution in [-0.2, 0) is 6.54 Å². The highest BCUT2D eigenvalue weighted by Crippen LogP contribution is 2.19. The second-order valence-electron chi connectivity index (χ2n) is 6.11. The predicted octanol–water partition coefficient (Wildman–Crippen LogP) is 2.70. The summed E-state index contributed by atoms with van der Waals surface area (Å²) in [6, 6.07) is 10.3. The van der Waals surface area contributed by atoms with Crippen LogP contribution in [0.5, 0.6) is 0 Å². The summed E-state index contributed by atoms with van der Waals surface area (Å²) in [7, 11) is 0. The number of fused-ring (bicyclic) bond motifs is 1. The van der Waals surface area contributed by atoms with Crippen LogP contribution in [-0.4, -0.2) is 25.3 Å². The first-order chi connectivity index (χ1) is 10.0. The van der Waals surface area contributed by atoms with Crippen molar-refractivity contribution in [2.24, 2.45) is 0 Å². The highest BCUT2D eigenvalue weighted by Gasteiger charge is 2.13. The molecule has 0 aliphatic heterocycles. The quantitative estimate of drug-likeness (QED) is 0.802. The van der Waals surface area contributed by atoms with E-state index in [1.807, 2.05) is 18.2 Å². The van der Waals surface area contributed by atoms with E-state index in [1.165, 1.54) is 6.33 Å². The fourth-order valence-corrected chi connectivity index (χ4v) is 2.16. The Labute approximate surface area is 124 Å². The standard InChI is InChI=1S/C16H19N5/c1-16(2,3)18-9-13-8-12-6-4-5-7-14(12)20-15(13)21-11-17-10-19-21/h4-8,10-11,18H,9H2,1-3H3. The Morgan fingerprint density at radius 1 is 1.19 bits per heavy atom. The SMILES string of the molecule is CC(C)(C)NCc1cc2ccccc2nc1-n1cncn1. The van der Waals surface area contributed by atoms with Crippen molar-refractivity contribution in [3.8, 4) is 5.82 Å². The van der Waals surface area contributed by atoms with Crippen molar-refractivity contribution in [1.82, 2.24) is 25.1 Å². The molecule has 0 aliphatic carbocycles. The number of nitrogens with one attached hydrogen (secondary N) is 1. The van der Waals surface area contributed by atoms with Crippen LogP contribution in [0.15, 0.2) is 43.0 Å². The fourth-order valence-electron chi connectivity index (χ4n) is 2.16. The summed E-state index contributed by atoms with van der Waals surface area (Å²) in [6.45, 7) is 7.18. The number of hydrogen-bond acceptors (Lipinski definition) is 4. The Balaban J connectivity index is 2.08. The third kappa shape index (κ3) is 3.08. The highest BCUT2D eigenvalue weighted by atomic mass is 15.3. The largest absolute Gasteiger partial charge is 0.308 e. The van der Waals surface area contributed by atoms with Crippen molar-refractivity contribution in [3.05, 3.63) is 48.5 Å². The van der Waals surface area contributed by atoms with Gasteiger partial charge >= 0.3 is 0 Å². The van der Waals surface area contributed by atoms with Crippen LogP contribution in [0.1, 0.15) is 26.3 Å². The zero-order valence-corrected chi connectivity index (χ0v) is 12.5. The van der Waals surface area contributed by atoms with Gasteiger partial charge in [-0.3, -0.25) is 0 Å². The Bertz CT molecular complexity index is 741. The van der Waals surface area contributed by atoms with Crippen LogP contribution in [0.4, 0.5) is 0 Å². The lowest BCUT2D eigenvalue weighted by Gasteiger charge is -2.21. The molecule has 0 saturated carbocycles. The molecule has 0 aliphatic rings. The molecule has 1 N–H and O–H groups in total. The lowest BCUT2D eigenvalue weighted by Crippen LogP contribution is -2.35. The molecule has 0 atom stereocenters. The summed E-state index contributed by atoms with van der Waals surface area (Å²) in [4.78, 5) is 8.76. The lowest BCUT2D eigenvalue weighted by molar-refractivity contribution is 0.423. The van der Waals surface area contributed by atoms with E-state index >= 15 is 0 Å². The Morgan fingerprint density at radius 2 is 2.00 bits per heavy atom. The van der Waals surface area contributed by atoms with E-state index in [9.17, 15) is 0 Å². The first-order valence-electron chi connectivity index (χ1n) is 7.02. The molecule has 3 aromatic rings. The minimum absolute atomic E-state index is 0.0469. The van der Waals surface area contributed by atoms with Gasteiger partial charge in [0, 0.05) is 23.0 Å². The van der Waals surface area contributed by atoms with Gasteiger partial charge in [-0.15, -0.1) is 0 Å². The molecule has 0 fully saturated rings. The maximum atomic E-state index is 4.74. The molecule has 0 radical (unpaired) electrons. The van der Waals surface area contributed by atoms with Crippen LogP contribution >= 0.6 is 0 Å². The fraction of sp³-hybridized carbons (Fsp3) is 0.312. The van der Waals surface area contributed by atoms with Gasteiger partial charge in [0.2, 0.25) is 0 Å². The molecule has 21 heavy (non-hydrogen) atoms. The molecule has 0 amide bonds. The molecule has 5 nitrogen and oxygen atoms in total. The minimum atomic E-state index is 0.0469. The van der Waals surface area contributed by atoms with Crippen molar-refractivity contribution < 1.29 is 0 Å². The van der Waals surface area contributed by atoms with Gasteiger partial charge in [0.1, 0.15) is 12.7 Å². The zero-order valence-electron chi connectivity index (χ0n) is 12.5. The number of hydrogen-bond donors (Lipinski definition) is 1. The van der Waals surface area contributed by atoms with E-state index in [4.69, 9.17) is 4.98 Å². The number of rotatable bonds is 3. The second-order valence-corrected chi connectivity index (χ2v) is 6.11. The van der Waals surface area contributed by atoms with Gasteiger partial charge in [-0.05, 0) is 32.9 Å². The van der Waals surface area contributed by atoms with Crippen molar-refractivity contribution in [3.63, 3.8) is 0 Å². The van der Waals surface area contributed by atoms with Gasteiger partial charge < -0.3 is 5.32 Å². The minimum Gasteiger partial charge on any atom is -0.308 e. The van der Waals surface area contributed by atoms with Gasteiger partial charge in [0.15, 0.2) is 5.82 Å². The van der Waals surface area contributed by atoms with Gasteiger partial charge in [-0.25, -0.2) is 14.6 Å². The summed E-state index contributed by atoms with van der Waals surface area (Å²) >= 11 is 0. The topological polar surface area (TPSA) is 55.6 Å². The lowest BCUT2D eigenvalue weighted by atomic mass is 10.1. The van der Waals surface area contributed by atoms with Crippen LogP contribution in [0.25, 0.3) is 16.7 Å². The van der Waals surface area contributed by atoms with E-state index in [0.717, 1.165) is 28.8 Å². The van der Waals surface area contributed by atoms with E-state index in [0.29, 0.717) is 0 Å². The monoisotopic (exact) mass is 281 g/mol. The average Bonchev–Trinajstić information content (AvgIpc) is 2.97. The Kier molecular flexibility index (Phi) is 3.43. The molecule has 108 valence electrons. The molecule has 0 spiro atoms. The number of pyridine rings is 1. The molecule has 2 heterocycles. The van der Waals surface area contributed by atoms with E-state index < -0.39 is 0 Å². The van der Waals surface area contributed by atoms with E-state index in [2.05, 4.69) is 48.3 Å². The van der Waals surface area contributed by atoms with Crippen LogP contribution in [0, 0.1) is 0 Å². The van der Waals surface area contributed by atoms with Crippen molar-refractivity contribution >= 4 is 10.9 Å². The van der Waals surface area contributed by atoms with Gasteiger partial charge in [-0.2, -0.15) is 5.10 Å². The highest BCUT2D eigenvalue weighted by molar-refractivity contribution is 5.80. The van der Waals surface area contributed by atoms with Crippen molar-refractivity contribution in [2.45, 2.75) is 32.9 Å². The van der Waals surface area contributed by atoms with Crippen molar-refractivity contribution in [1.29, 1.82) is 0 Å². The van der Waals surface area contributed by atoms with Crippen LogP contribution < -0.4 is 5.32 Å². The molecular weight excluding hydrogens is 262 g/mol. The van der Waals surface area contributed by atoms with Crippen LogP contribution in [0.2, 0.25) is 0 Å². The number of nitrogens with zero attached hydrogens (tertiary/aromatic N) is 4. The smallest absolute Gasteiger partial charge is 0.160 e.